The number of cyclic esters (lactones) is 1. The van der Waals surface area contributed by atoms with Crippen LogP contribution in [0.5, 0.6) is 0 Å². The van der Waals surface area contributed by atoms with E-state index in [0.29, 0.717) is 26.2 Å². The Hall–Kier alpha value is -3.72. The summed E-state index contributed by atoms with van der Waals surface area (Å²) in [6.45, 7) is 7.62. The number of hydrogen-bond donors (Lipinski definition) is 16. The molecule has 0 saturated carbocycles. The van der Waals surface area contributed by atoms with E-state index in [4.69, 9.17) is 23.7 Å². The first-order chi connectivity index (χ1) is 39.2. The fourth-order valence-electron chi connectivity index (χ4n) is 10.7. The van der Waals surface area contributed by atoms with Gasteiger partial charge in [0.05, 0.1) is 98.7 Å². The molecule has 4 fully saturated rings. The molecule has 0 aromatic rings. The summed E-state index contributed by atoms with van der Waals surface area (Å²) in [4.78, 5) is 29.1. The van der Waals surface area contributed by atoms with Crippen LogP contribution in [-0.4, -0.2) is 261 Å². The number of aliphatic hydroxyl groups is 14. The molecule has 1 amide bonds. The van der Waals surface area contributed by atoms with Gasteiger partial charge in [-0.2, -0.15) is 0 Å². The molecule has 23 atom stereocenters. The third kappa shape index (κ3) is 21.6. The predicted molar refractivity (Wildman–Crippen MR) is 299 cm³/mol. The molecule has 5 aliphatic heterocycles. The van der Waals surface area contributed by atoms with Gasteiger partial charge in [0.25, 0.3) is 0 Å². The fourth-order valence-corrected chi connectivity index (χ4v) is 10.7. The average Bonchev–Trinajstić information content (AvgIpc) is 3.08. The minimum atomic E-state index is -2.47. The largest absolute Gasteiger partial charge is 0.462 e. The van der Waals surface area contributed by atoms with Gasteiger partial charge in [-0.05, 0) is 40.2 Å². The molecule has 472 valence electrons. The molecule has 0 spiro atoms. The molecule has 0 aromatic carbocycles. The van der Waals surface area contributed by atoms with Crippen LogP contribution < -0.4 is 10.7 Å². The van der Waals surface area contributed by atoms with Gasteiger partial charge in [-0.3, -0.25) is 15.0 Å². The van der Waals surface area contributed by atoms with Gasteiger partial charge in [0, 0.05) is 63.7 Å². The van der Waals surface area contributed by atoms with Crippen molar-refractivity contribution in [2.45, 2.75) is 201 Å². The Morgan fingerprint density at radius 3 is 1.88 bits per heavy atom. The summed E-state index contributed by atoms with van der Waals surface area (Å²) in [5.74, 6) is -8.41. The van der Waals surface area contributed by atoms with E-state index in [1.807, 2.05) is 20.0 Å². The molecule has 5 rings (SSSR count). The number of rotatable bonds is 7. The number of hydrazine groups is 1. The summed E-state index contributed by atoms with van der Waals surface area (Å²) < 4.78 is 29.5. The molecule has 4 saturated heterocycles. The van der Waals surface area contributed by atoms with Crippen molar-refractivity contribution in [3.63, 3.8) is 0 Å². The summed E-state index contributed by atoms with van der Waals surface area (Å²) in [5, 5.41) is 159. The van der Waals surface area contributed by atoms with Crippen molar-refractivity contribution >= 4 is 11.9 Å². The lowest BCUT2D eigenvalue weighted by Crippen LogP contribution is -2.69. The molecule has 3 unspecified atom stereocenters. The molecule has 0 aromatic heterocycles. The number of ether oxygens (including phenoxy) is 5. The zero-order valence-electron chi connectivity index (χ0n) is 48.1. The lowest BCUT2D eigenvalue weighted by Gasteiger charge is -2.47. The maximum Gasteiger partial charge on any atom is 0.308 e. The third-order valence-electron chi connectivity index (χ3n) is 16.0. The Bertz CT molecular complexity index is 2200. The SMILES string of the molecule is C[C@@H]1[C@H](O)[C@@H](C)/C=C/C=C/C=C/C=C/C=C/C=C/C=C/[C@H](OC2O[C@H](C)[C@@H](O)[C@H](NC[C@@]3(O)OC[C@@H](O)[C@H](O)[C@@H]3O)[C@@H]2O)CC2O[C@](O)(C[C@@H](O)C[C@@H](O)[C@H](O)CC[C@@H](O)C[C@@H](O)CC(=O)O[C@H]1C)C[C@H](O)C2C(=O)NN1CCN(C)CC1. The summed E-state index contributed by atoms with van der Waals surface area (Å²) in [7, 11) is 1.93. The smallest absolute Gasteiger partial charge is 0.308 e. The van der Waals surface area contributed by atoms with Gasteiger partial charge in [-0.1, -0.05) is 98.9 Å². The standard InChI is InChI=1S/C58H94N4O21/c1-34-18-16-14-12-10-8-6-7-9-11-13-15-17-19-41(82-56-53(74)49(51(72)37(4)81-56)59-33-58(78)54(75)52(73)45(69)32-79-58)29-46-48(55(76)60-62-24-22-61(5)23-25-62)44(68)31-57(77,83-46)30-40(65)27-43(67)42(66)21-20-38(63)26-39(64)28-47(70)80-36(3)35(2)50(34)71/h6-19,34-46,48-54,56,59,63-69,71-75,77-78H,20-33H2,1-5H3,(H,60,76)/b7-6+,10-8+,11-9+,14-12+,15-13+,18-16+,19-17+/t34-,35-,36-,37+,38+,39+,40-,41-,42+,43+,44-,45+,46?,48?,49-,50+,51+,52-,53-,54-,56?,57+,58+/m0/s1. The Balaban J connectivity index is 1.43. The minimum Gasteiger partial charge on any atom is -0.462 e. The van der Waals surface area contributed by atoms with Crippen LogP contribution in [0.1, 0.15) is 79.1 Å². The van der Waals surface area contributed by atoms with Crippen LogP contribution in [0.15, 0.2) is 85.1 Å². The van der Waals surface area contributed by atoms with Crippen LogP contribution in [0.25, 0.3) is 0 Å². The Labute approximate surface area is 485 Å². The maximum atomic E-state index is 14.3. The molecule has 5 heterocycles. The molecule has 25 nitrogen and oxygen atoms in total. The second-order valence-corrected chi connectivity index (χ2v) is 23.0. The van der Waals surface area contributed by atoms with Gasteiger partial charge in [-0.25, -0.2) is 5.01 Å². The number of nitrogens with zero attached hydrogens (tertiary/aromatic N) is 2. The lowest BCUT2D eigenvalue weighted by molar-refractivity contribution is -0.323. The number of allylic oxidation sites excluding steroid dienone is 12. The van der Waals surface area contributed by atoms with Crippen LogP contribution in [0.3, 0.4) is 0 Å². The summed E-state index contributed by atoms with van der Waals surface area (Å²) in [5.41, 5.74) is 2.86. The van der Waals surface area contributed by atoms with E-state index < -0.39 is 184 Å². The van der Waals surface area contributed by atoms with Crippen molar-refractivity contribution < 1.29 is 105 Å². The normalized spacial score (nSPS) is 45.4. The highest BCUT2D eigenvalue weighted by molar-refractivity contribution is 5.79. The monoisotopic (exact) mass is 1180 g/mol. The van der Waals surface area contributed by atoms with Crippen molar-refractivity contribution in [3.05, 3.63) is 85.1 Å². The van der Waals surface area contributed by atoms with E-state index >= 15 is 0 Å². The second kappa shape index (κ2) is 33.4. The van der Waals surface area contributed by atoms with Gasteiger partial charge in [-0.15, -0.1) is 0 Å². The number of nitrogens with one attached hydrogen (secondary N) is 2. The molecule has 25 heteroatoms. The molecule has 16 N–H and O–H groups in total. The molecule has 5 aliphatic rings. The molecule has 0 aliphatic carbocycles. The average molecular weight is 1180 g/mol. The highest BCUT2D eigenvalue weighted by atomic mass is 16.7. The van der Waals surface area contributed by atoms with E-state index in [2.05, 4.69) is 15.6 Å². The van der Waals surface area contributed by atoms with Crippen molar-refractivity contribution in [1.29, 1.82) is 0 Å². The molecular weight excluding hydrogens is 1090 g/mol. The van der Waals surface area contributed by atoms with Crippen LogP contribution in [0.4, 0.5) is 0 Å². The van der Waals surface area contributed by atoms with Gasteiger partial charge < -0.3 is 105 Å². The highest BCUT2D eigenvalue weighted by Crippen LogP contribution is 2.39. The molecule has 83 heavy (non-hydrogen) atoms. The molecular formula is C58H94N4O21. The highest BCUT2D eigenvalue weighted by Gasteiger charge is 2.53. The first-order valence-electron chi connectivity index (χ1n) is 28.8. The van der Waals surface area contributed by atoms with E-state index in [9.17, 15) is 81.1 Å². The Kier molecular flexibility index (Phi) is 28.2. The number of amides is 1. The number of esters is 1. The van der Waals surface area contributed by atoms with Crippen LogP contribution in [-0.2, 0) is 33.3 Å². The Morgan fingerprint density at radius 1 is 0.651 bits per heavy atom. The fraction of sp³-hybridized carbons (Fsp3) is 0.724. The quantitative estimate of drug-likeness (QED) is 0.116. The molecule has 0 radical (unpaired) electrons. The van der Waals surface area contributed by atoms with E-state index in [1.165, 1.54) is 13.0 Å². The van der Waals surface area contributed by atoms with Crippen LogP contribution in [0, 0.1) is 17.8 Å². The zero-order valence-corrected chi connectivity index (χ0v) is 48.1. The van der Waals surface area contributed by atoms with E-state index in [1.54, 1.807) is 91.8 Å². The third-order valence-corrected chi connectivity index (χ3v) is 16.0. The van der Waals surface area contributed by atoms with Crippen LogP contribution in [0.2, 0.25) is 0 Å². The number of carbonyl (C=O) groups is 2. The number of piperazine rings is 1. The Morgan fingerprint density at radius 2 is 1.25 bits per heavy atom. The van der Waals surface area contributed by atoms with Crippen LogP contribution >= 0.6 is 0 Å². The summed E-state index contributed by atoms with van der Waals surface area (Å²) in [6.07, 6.45) is -3.03. The van der Waals surface area contributed by atoms with Gasteiger partial charge >= 0.3 is 5.97 Å². The summed E-state index contributed by atoms with van der Waals surface area (Å²) in [6, 6.07) is -1.34. The summed E-state index contributed by atoms with van der Waals surface area (Å²) >= 11 is 0. The lowest BCUT2D eigenvalue weighted by atomic mass is 9.82. The minimum absolute atomic E-state index is 0.129. The number of fused-ring (bicyclic) bond motifs is 2. The number of aliphatic hydroxyl groups excluding tert-OH is 12. The van der Waals surface area contributed by atoms with E-state index in [0.717, 1.165) is 0 Å². The van der Waals surface area contributed by atoms with Gasteiger partial charge in [0.15, 0.2) is 12.1 Å². The van der Waals surface area contributed by atoms with E-state index in [-0.39, 0.29) is 31.6 Å². The van der Waals surface area contributed by atoms with Gasteiger partial charge in [0.1, 0.15) is 30.5 Å². The second-order valence-electron chi connectivity index (χ2n) is 23.0. The zero-order chi connectivity index (χ0) is 61.2. The van der Waals surface area contributed by atoms with Gasteiger partial charge in [0.2, 0.25) is 11.7 Å². The first-order valence-corrected chi connectivity index (χ1v) is 28.8. The number of likely N-dealkylation sites (N-methyl/N-ethyl adjacent to an activating group) is 1. The maximum absolute atomic E-state index is 14.3. The van der Waals surface area contributed by atoms with Crippen molar-refractivity contribution in [3.8, 4) is 0 Å². The topological polar surface area (TPSA) is 394 Å². The number of carbonyl (C=O) groups excluding carboxylic acids is 2. The van der Waals surface area contributed by atoms with Crippen molar-refractivity contribution in [2.24, 2.45) is 17.8 Å². The van der Waals surface area contributed by atoms with Crippen molar-refractivity contribution in [1.82, 2.24) is 20.7 Å². The predicted octanol–water partition coefficient (Wildman–Crippen LogP) is -2.66. The van der Waals surface area contributed by atoms with Crippen molar-refractivity contribution in [2.75, 3.05) is 46.4 Å². The first kappa shape index (κ1) is 70.0. The number of hydrogen-bond acceptors (Lipinski definition) is 24. The molecule has 2 bridgehead atoms.